The van der Waals surface area contributed by atoms with Crippen molar-refractivity contribution < 1.29 is 9.63 Å². The lowest BCUT2D eigenvalue weighted by molar-refractivity contribution is -0.139. The normalized spacial score (nSPS) is 18.6. The van der Waals surface area contributed by atoms with E-state index in [1.54, 1.807) is 0 Å². The smallest absolute Gasteiger partial charge is 0.243 e. The van der Waals surface area contributed by atoms with Crippen molar-refractivity contribution in [2.45, 2.75) is 58.5 Å². The molecule has 1 aliphatic rings. The van der Waals surface area contributed by atoms with Crippen LogP contribution in [-0.4, -0.2) is 18.6 Å². The molecule has 100 valence electrons. The molecular weight excluding hydrogens is 216 g/mol. The van der Waals surface area contributed by atoms with Crippen molar-refractivity contribution in [1.82, 2.24) is 5.48 Å². The third-order valence-electron chi connectivity index (χ3n) is 3.25. The lowest BCUT2D eigenvalue weighted by Crippen LogP contribution is -2.31. The van der Waals surface area contributed by atoms with Gasteiger partial charge in [0.1, 0.15) is 0 Å². The zero-order valence-electron chi connectivity index (χ0n) is 11.1. The van der Waals surface area contributed by atoms with E-state index in [9.17, 15) is 4.79 Å². The minimum atomic E-state index is -0.0343. The van der Waals surface area contributed by atoms with Gasteiger partial charge in [-0.25, -0.2) is 5.48 Å². The van der Waals surface area contributed by atoms with E-state index in [1.807, 2.05) is 0 Å². The first-order valence-electron chi connectivity index (χ1n) is 6.76. The standard InChI is InChI=1S/C13H26N2O2/c1-10(2)7-11(9-14)8-13(16)15-17-12-5-3-4-6-12/h10-12H,3-9,14H2,1-2H3,(H,15,16)/t11-/m0/s1. The molecule has 1 amide bonds. The molecule has 0 spiro atoms. The van der Waals surface area contributed by atoms with Crippen LogP contribution in [0.3, 0.4) is 0 Å². The Labute approximate surface area is 104 Å². The highest BCUT2D eigenvalue weighted by Gasteiger charge is 2.18. The third kappa shape index (κ3) is 6.03. The summed E-state index contributed by atoms with van der Waals surface area (Å²) in [5.41, 5.74) is 8.23. The van der Waals surface area contributed by atoms with Crippen LogP contribution in [-0.2, 0) is 9.63 Å². The van der Waals surface area contributed by atoms with E-state index in [0.29, 0.717) is 18.9 Å². The Balaban J connectivity index is 2.17. The van der Waals surface area contributed by atoms with Crippen LogP contribution in [0.1, 0.15) is 52.4 Å². The Kier molecular flexibility index (Phi) is 6.52. The van der Waals surface area contributed by atoms with Crippen LogP contribution in [0.15, 0.2) is 0 Å². The predicted molar refractivity (Wildman–Crippen MR) is 68.1 cm³/mol. The number of nitrogens with two attached hydrogens (primary N) is 1. The molecule has 4 heteroatoms. The molecule has 1 atom stereocenters. The van der Waals surface area contributed by atoms with Crippen LogP contribution in [0.4, 0.5) is 0 Å². The Hall–Kier alpha value is -0.610. The second-order valence-corrected chi connectivity index (χ2v) is 5.48. The fraction of sp³-hybridized carbons (Fsp3) is 0.923. The van der Waals surface area contributed by atoms with Gasteiger partial charge in [0.15, 0.2) is 0 Å². The summed E-state index contributed by atoms with van der Waals surface area (Å²) < 4.78 is 0. The molecule has 0 aromatic rings. The molecule has 1 saturated carbocycles. The molecule has 0 heterocycles. The van der Waals surface area contributed by atoms with Crippen molar-refractivity contribution in [1.29, 1.82) is 0 Å². The summed E-state index contributed by atoms with van der Waals surface area (Å²) in [4.78, 5) is 17.0. The zero-order valence-corrected chi connectivity index (χ0v) is 11.1. The zero-order chi connectivity index (χ0) is 12.7. The highest BCUT2D eigenvalue weighted by atomic mass is 16.7. The fourth-order valence-electron chi connectivity index (χ4n) is 2.39. The number of rotatable bonds is 7. The van der Waals surface area contributed by atoms with Gasteiger partial charge >= 0.3 is 0 Å². The van der Waals surface area contributed by atoms with Crippen molar-refractivity contribution in [3.05, 3.63) is 0 Å². The van der Waals surface area contributed by atoms with Gasteiger partial charge in [0.2, 0.25) is 5.91 Å². The number of carbonyl (C=O) groups excluding carboxylic acids is 1. The average Bonchev–Trinajstić information content (AvgIpc) is 2.77. The lowest BCUT2D eigenvalue weighted by atomic mass is 9.94. The van der Waals surface area contributed by atoms with Crippen molar-refractivity contribution >= 4 is 5.91 Å². The molecule has 0 aliphatic heterocycles. The number of amides is 1. The first-order chi connectivity index (χ1) is 8.11. The maximum atomic E-state index is 11.7. The van der Waals surface area contributed by atoms with E-state index in [-0.39, 0.29) is 17.9 Å². The van der Waals surface area contributed by atoms with Crippen molar-refractivity contribution in [2.24, 2.45) is 17.6 Å². The van der Waals surface area contributed by atoms with Gasteiger partial charge in [0.25, 0.3) is 0 Å². The Morgan fingerprint density at radius 2 is 2.06 bits per heavy atom. The molecule has 1 aliphatic carbocycles. The van der Waals surface area contributed by atoms with Gasteiger partial charge in [-0.2, -0.15) is 0 Å². The molecule has 4 nitrogen and oxygen atoms in total. The average molecular weight is 242 g/mol. The topological polar surface area (TPSA) is 64.4 Å². The minimum Gasteiger partial charge on any atom is -0.330 e. The van der Waals surface area contributed by atoms with Gasteiger partial charge in [-0.05, 0) is 37.6 Å². The van der Waals surface area contributed by atoms with Gasteiger partial charge in [-0.1, -0.05) is 26.7 Å². The first kappa shape index (κ1) is 14.5. The van der Waals surface area contributed by atoms with Crippen LogP contribution in [0.2, 0.25) is 0 Å². The van der Waals surface area contributed by atoms with Gasteiger partial charge in [0, 0.05) is 6.42 Å². The van der Waals surface area contributed by atoms with Gasteiger partial charge in [0.05, 0.1) is 6.10 Å². The molecule has 17 heavy (non-hydrogen) atoms. The largest absolute Gasteiger partial charge is 0.330 e. The summed E-state index contributed by atoms with van der Waals surface area (Å²) in [7, 11) is 0. The van der Waals surface area contributed by atoms with Crippen LogP contribution in [0, 0.1) is 11.8 Å². The van der Waals surface area contributed by atoms with Crippen LogP contribution in [0.5, 0.6) is 0 Å². The molecule has 3 N–H and O–H groups in total. The second-order valence-electron chi connectivity index (χ2n) is 5.48. The van der Waals surface area contributed by atoms with Crippen molar-refractivity contribution in [3.8, 4) is 0 Å². The number of carbonyl (C=O) groups is 1. The maximum absolute atomic E-state index is 11.7. The van der Waals surface area contributed by atoms with Crippen molar-refractivity contribution in [3.63, 3.8) is 0 Å². The fourth-order valence-corrected chi connectivity index (χ4v) is 2.39. The molecular formula is C13H26N2O2. The van der Waals surface area contributed by atoms with E-state index < -0.39 is 0 Å². The number of hydrogen-bond acceptors (Lipinski definition) is 3. The summed E-state index contributed by atoms with van der Waals surface area (Å²) in [5.74, 6) is 0.808. The molecule has 1 rings (SSSR count). The van der Waals surface area contributed by atoms with Crippen LogP contribution >= 0.6 is 0 Å². The van der Waals surface area contributed by atoms with E-state index in [0.717, 1.165) is 19.3 Å². The summed E-state index contributed by atoms with van der Waals surface area (Å²) in [6.07, 6.45) is 6.23. The van der Waals surface area contributed by atoms with Gasteiger partial charge in [-0.3, -0.25) is 9.63 Å². The molecule has 0 aromatic carbocycles. The number of hydrogen-bond donors (Lipinski definition) is 2. The second kappa shape index (κ2) is 7.67. The quantitative estimate of drug-likeness (QED) is 0.671. The first-order valence-corrected chi connectivity index (χ1v) is 6.76. The highest BCUT2D eigenvalue weighted by Crippen LogP contribution is 2.20. The summed E-state index contributed by atoms with van der Waals surface area (Å²) in [6.45, 7) is 4.86. The maximum Gasteiger partial charge on any atom is 0.243 e. The highest BCUT2D eigenvalue weighted by molar-refractivity contribution is 5.75. The molecule has 0 unspecified atom stereocenters. The van der Waals surface area contributed by atoms with E-state index >= 15 is 0 Å². The number of hydroxylamine groups is 1. The summed E-state index contributed by atoms with van der Waals surface area (Å²) in [5, 5.41) is 0. The Bertz CT molecular complexity index is 225. The molecule has 0 bridgehead atoms. The van der Waals surface area contributed by atoms with Crippen LogP contribution < -0.4 is 11.2 Å². The van der Waals surface area contributed by atoms with Crippen molar-refractivity contribution in [2.75, 3.05) is 6.54 Å². The monoisotopic (exact) mass is 242 g/mol. The van der Waals surface area contributed by atoms with Gasteiger partial charge < -0.3 is 5.73 Å². The van der Waals surface area contributed by atoms with Gasteiger partial charge in [-0.15, -0.1) is 0 Å². The van der Waals surface area contributed by atoms with E-state index in [4.69, 9.17) is 10.6 Å². The SMILES string of the molecule is CC(C)C[C@H](CN)CC(=O)NOC1CCCC1. The minimum absolute atomic E-state index is 0.0343. The third-order valence-corrected chi connectivity index (χ3v) is 3.25. The Morgan fingerprint density at radius 3 is 2.59 bits per heavy atom. The Morgan fingerprint density at radius 1 is 1.41 bits per heavy atom. The summed E-state index contributed by atoms with van der Waals surface area (Å²) in [6, 6.07) is 0. The van der Waals surface area contributed by atoms with E-state index in [2.05, 4.69) is 19.3 Å². The van der Waals surface area contributed by atoms with Crippen LogP contribution in [0.25, 0.3) is 0 Å². The summed E-state index contributed by atoms with van der Waals surface area (Å²) >= 11 is 0. The van der Waals surface area contributed by atoms with E-state index in [1.165, 1.54) is 12.8 Å². The lowest BCUT2D eigenvalue weighted by Gasteiger charge is -2.17. The molecule has 0 aromatic heterocycles. The number of nitrogens with one attached hydrogen (secondary N) is 1. The molecule has 0 saturated heterocycles. The molecule has 0 radical (unpaired) electrons. The molecule has 1 fully saturated rings. The predicted octanol–water partition coefficient (Wildman–Crippen LogP) is 1.99.